The van der Waals surface area contributed by atoms with Gasteiger partial charge in [0.25, 0.3) is 0 Å². The maximum atomic E-state index is 12.9. The molecule has 0 amide bonds. The van der Waals surface area contributed by atoms with Crippen molar-refractivity contribution in [1.82, 2.24) is 5.32 Å². The summed E-state index contributed by atoms with van der Waals surface area (Å²) in [7, 11) is 0. The molecule has 1 heterocycles. The molecule has 0 bridgehead atoms. The van der Waals surface area contributed by atoms with Crippen LogP contribution in [-0.4, -0.2) is 25.2 Å². The van der Waals surface area contributed by atoms with Gasteiger partial charge >= 0.3 is 6.18 Å². The highest BCUT2D eigenvalue weighted by Crippen LogP contribution is 2.35. The topological polar surface area (TPSA) is 15.3 Å². The zero-order chi connectivity index (χ0) is 15.0. The molecule has 0 aromatic heterocycles. The number of rotatable bonds is 2. The number of benzene rings is 1. The van der Waals surface area contributed by atoms with Gasteiger partial charge in [0.05, 0.1) is 5.56 Å². The van der Waals surface area contributed by atoms with Crippen molar-refractivity contribution in [2.75, 3.05) is 24.5 Å². The van der Waals surface area contributed by atoms with Crippen LogP contribution in [0.4, 0.5) is 18.9 Å². The lowest BCUT2D eigenvalue weighted by atomic mass is 9.95. The number of halogens is 4. The average Bonchev–Trinajstić information content (AvgIpc) is 2.37. The van der Waals surface area contributed by atoms with E-state index in [1.807, 2.05) is 4.90 Å². The standard InChI is InChI=1S/C14H18BrF3N2/c1-3-13(2)9-20(5-4-19-13)12-7-10(14(16,17)18)6-11(15)8-12/h6-8,19H,3-5,9H2,1-2H3. The van der Waals surface area contributed by atoms with Crippen LogP contribution < -0.4 is 10.2 Å². The van der Waals surface area contributed by atoms with Crippen LogP contribution in [0.3, 0.4) is 0 Å². The van der Waals surface area contributed by atoms with Crippen molar-refractivity contribution in [2.24, 2.45) is 0 Å². The molecule has 1 atom stereocenters. The highest BCUT2D eigenvalue weighted by Gasteiger charge is 2.33. The van der Waals surface area contributed by atoms with Crippen LogP contribution in [0.25, 0.3) is 0 Å². The van der Waals surface area contributed by atoms with Gasteiger partial charge in [-0.25, -0.2) is 0 Å². The molecule has 1 aromatic carbocycles. The van der Waals surface area contributed by atoms with Crippen LogP contribution in [0.2, 0.25) is 0 Å². The highest BCUT2D eigenvalue weighted by atomic mass is 79.9. The second kappa shape index (κ2) is 5.56. The van der Waals surface area contributed by atoms with Gasteiger partial charge in [-0.15, -0.1) is 0 Å². The van der Waals surface area contributed by atoms with Crippen LogP contribution in [0, 0.1) is 0 Å². The predicted octanol–water partition coefficient (Wildman–Crippen LogP) is 4.05. The highest BCUT2D eigenvalue weighted by molar-refractivity contribution is 9.10. The molecule has 112 valence electrons. The third-order valence-electron chi connectivity index (χ3n) is 3.83. The minimum atomic E-state index is -4.32. The smallest absolute Gasteiger partial charge is 0.368 e. The minimum absolute atomic E-state index is 0.0566. The van der Waals surface area contributed by atoms with Gasteiger partial charge in [-0.1, -0.05) is 22.9 Å². The molecule has 0 spiro atoms. The van der Waals surface area contributed by atoms with Gasteiger partial charge in [-0.2, -0.15) is 13.2 Å². The van der Waals surface area contributed by atoms with Crippen LogP contribution in [-0.2, 0) is 6.18 Å². The molecule has 1 aromatic rings. The second-order valence-electron chi connectivity index (χ2n) is 5.46. The summed E-state index contributed by atoms with van der Waals surface area (Å²) >= 11 is 3.18. The van der Waals surface area contributed by atoms with E-state index >= 15 is 0 Å². The van der Waals surface area contributed by atoms with Crippen molar-refractivity contribution in [3.8, 4) is 0 Å². The molecule has 1 aliphatic rings. The van der Waals surface area contributed by atoms with E-state index in [2.05, 4.69) is 35.1 Å². The van der Waals surface area contributed by atoms with Gasteiger partial charge in [-0.05, 0) is 31.5 Å². The van der Waals surface area contributed by atoms with E-state index in [0.717, 1.165) is 19.0 Å². The van der Waals surface area contributed by atoms with Gasteiger partial charge in [0.15, 0.2) is 0 Å². The summed E-state index contributed by atoms with van der Waals surface area (Å²) in [6, 6.07) is 4.09. The fraction of sp³-hybridized carbons (Fsp3) is 0.571. The molecule has 1 N–H and O–H groups in total. The van der Waals surface area contributed by atoms with Gasteiger partial charge in [0, 0.05) is 35.3 Å². The molecule has 1 saturated heterocycles. The lowest BCUT2D eigenvalue weighted by Crippen LogP contribution is -2.58. The molecule has 0 aliphatic carbocycles. The molecule has 1 aliphatic heterocycles. The van der Waals surface area contributed by atoms with E-state index in [-0.39, 0.29) is 5.54 Å². The largest absolute Gasteiger partial charge is 0.416 e. The SMILES string of the molecule is CCC1(C)CN(c2cc(Br)cc(C(F)(F)F)c2)CCN1. The maximum Gasteiger partial charge on any atom is 0.416 e. The van der Waals surface area contributed by atoms with Crippen LogP contribution >= 0.6 is 15.9 Å². The third-order valence-corrected chi connectivity index (χ3v) is 4.29. The maximum absolute atomic E-state index is 12.9. The molecule has 1 fully saturated rings. The van der Waals surface area contributed by atoms with Crippen molar-refractivity contribution in [3.63, 3.8) is 0 Å². The molecule has 6 heteroatoms. The summed E-state index contributed by atoms with van der Waals surface area (Å²) in [6.07, 6.45) is -3.38. The zero-order valence-corrected chi connectivity index (χ0v) is 13.1. The van der Waals surface area contributed by atoms with E-state index in [1.54, 1.807) is 6.07 Å². The molecule has 1 unspecified atom stereocenters. The van der Waals surface area contributed by atoms with E-state index in [4.69, 9.17) is 0 Å². The number of hydrogen-bond acceptors (Lipinski definition) is 2. The molecule has 20 heavy (non-hydrogen) atoms. The Morgan fingerprint density at radius 3 is 2.65 bits per heavy atom. The quantitative estimate of drug-likeness (QED) is 0.865. The Morgan fingerprint density at radius 2 is 2.05 bits per heavy atom. The summed E-state index contributed by atoms with van der Waals surface area (Å²) in [4.78, 5) is 2.01. The summed E-state index contributed by atoms with van der Waals surface area (Å²) in [5.74, 6) is 0. The first kappa shape index (κ1) is 15.6. The Hall–Kier alpha value is -0.750. The van der Waals surface area contributed by atoms with Crippen LogP contribution in [0.1, 0.15) is 25.8 Å². The third kappa shape index (κ3) is 3.47. The number of nitrogens with one attached hydrogen (secondary N) is 1. The van der Waals surface area contributed by atoms with E-state index in [9.17, 15) is 13.2 Å². The average molecular weight is 351 g/mol. The number of nitrogens with zero attached hydrogens (tertiary/aromatic N) is 1. The predicted molar refractivity (Wildman–Crippen MR) is 78.1 cm³/mol. The van der Waals surface area contributed by atoms with Crippen molar-refractivity contribution >= 4 is 21.6 Å². The summed E-state index contributed by atoms with van der Waals surface area (Å²) in [5.41, 5.74) is -0.0506. The number of anilines is 1. The Kier molecular flexibility index (Phi) is 4.35. The summed E-state index contributed by atoms with van der Waals surface area (Å²) in [5, 5.41) is 3.43. The van der Waals surface area contributed by atoms with Crippen molar-refractivity contribution in [3.05, 3.63) is 28.2 Å². The number of hydrogen-bond donors (Lipinski definition) is 1. The van der Waals surface area contributed by atoms with E-state index in [1.165, 1.54) is 6.07 Å². The monoisotopic (exact) mass is 350 g/mol. The Balaban J connectivity index is 2.31. The molecule has 0 radical (unpaired) electrons. The number of piperazine rings is 1. The van der Waals surface area contributed by atoms with Crippen LogP contribution in [0.5, 0.6) is 0 Å². The van der Waals surface area contributed by atoms with Gasteiger partial charge < -0.3 is 10.2 Å². The Bertz CT molecular complexity index is 490. The fourth-order valence-corrected chi connectivity index (χ4v) is 2.91. The zero-order valence-electron chi connectivity index (χ0n) is 11.5. The van der Waals surface area contributed by atoms with E-state index < -0.39 is 11.7 Å². The first-order valence-electron chi connectivity index (χ1n) is 6.61. The first-order chi connectivity index (χ1) is 9.23. The first-order valence-corrected chi connectivity index (χ1v) is 7.40. The second-order valence-corrected chi connectivity index (χ2v) is 6.37. The minimum Gasteiger partial charge on any atom is -0.368 e. The van der Waals surface area contributed by atoms with E-state index in [0.29, 0.717) is 23.2 Å². The number of alkyl halides is 3. The van der Waals surface area contributed by atoms with Crippen molar-refractivity contribution < 1.29 is 13.2 Å². The Labute approximate surface area is 125 Å². The van der Waals surface area contributed by atoms with Crippen LogP contribution in [0.15, 0.2) is 22.7 Å². The van der Waals surface area contributed by atoms with Gasteiger partial charge in [0.1, 0.15) is 0 Å². The van der Waals surface area contributed by atoms with Crippen molar-refractivity contribution in [1.29, 1.82) is 0 Å². The molecule has 2 nitrogen and oxygen atoms in total. The Morgan fingerprint density at radius 1 is 1.35 bits per heavy atom. The fourth-order valence-electron chi connectivity index (χ4n) is 2.43. The van der Waals surface area contributed by atoms with Gasteiger partial charge in [-0.3, -0.25) is 0 Å². The molecular formula is C14H18BrF3N2. The molecule has 2 rings (SSSR count). The molecular weight excluding hydrogens is 333 g/mol. The van der Waals surface area contributed by atoms with Gasteiger partial charge in [0.2, 0.25) is 0 Å². The summed E-state index contributed by atoms with van der Waals surface area (Å²) in [6.45, 7) is 6.37. The molecule has 0 saturated carbocycles. The normalized spacial score (nSPS) is 24.0. The lowest BCUT2D eigenvalue weighted by Gasteiger charge is -2.42. The lowest BCUT2D eigenvalue weighted by molar-refractivity contribution is -0.137. The summed E-state index contributed by atoms with van der Waals surface area (Å²) < 4.78 is 39.1. The van der Waals surface area contributed by atoms with Crippen molar-refractivity contribution in [2.45, 2.75) is 32.0 Å².